The SMILES string of the molecule is CCCNC(=O)CN1CCN(c2ncnc3c2c(Br)nn3C)CC1. The highest BCUT2D eigenvalue weighted by atomic mass is 79.9. The number of nitrogens with one attached hydrogen (secondary N) is 1. The normalized spacial score (nSPS) is 15.9. The molecule has 3 rings (SSSR count). The van der Waals surface area contributed by atoms with Gasteiger partial charge in [-0.25, -0.2) is 14.6 Å². The third kappa shape index (κ3) is 3.51. The maximum Gasteiger partial charge on any atom is 0.234 e. The Kier molecular flexibility index (Phi) is 5.30. The zero-order chi connectivity index (χ0) is 17.1. The highest BCUT2D eigenvalue weighted by Crippen LogP contribution is 2.29. The van der Waals surface area contributed by atoms with Crippen molar-refractivity contribution in [1.82, 2.24) is 30.0 Å². The van der Waals surface area contributed by atoms with Crippen molar-refractivity contribution >= 4 is 38.7 Å². The van der Waals surface area contributed by atoms with Crippen LogP contribution in [0, 0.1) is 0 Å². The van der Waals surface area contributed by atoms with Crippen LogP contribution < -0.4 is 10.2 Å². The van der Waals surface area contributed by atoms with Crippen LogP contribution in [0.3, 0.4) is 0 Å². The summed E-state index contributed by atoms with van der Waals surface area (Å²) in [4.78, 5) is 25.0. The molecular formula is C15H22BrN7O. The van der Waals surface area contributed by atoms with E-state index in [1.165, 1.54) is 0 Å². The molecule has 24 heavy (non-hydrogen) atoms. The Hall–Kier alpha value is -1.74. The standard InChI is InChI=1S/C15H22BrN7O/c1-3-4-17-11(24)9-22-5-7-23(8-6-22)15-12-13(16)20-21(2)14(12)18-10-19-15/h10H,3-9H2,1-2H3,(H,17,24). The number of fused-ring (bicyclic) bond motifs is 1. The number of anilines is 1. The number of piperazine rings is 1. The van der Waals surface area contributed by atoms with Crippen molar-refractivity contribution in [3.63, 3.8) is 0 Å². The van der Waals surface area contributed by atoms with E-state index >= 15 is 0 Å². The molecule has 3 heterocycles. The maximum atomic E-state index is 11.8. The second-order valence-electron chi connectivity index (χ2n) is 5.92. The predicted molar refractivity (Wildman–Crippen MR) is 96.0 cm³/mol. The van der Waals surface area contributed by atoms with Gasteiger partial charge in [0.2, 0.25) is 5.91 Å². The maximum absolute atomic E-state index is 11.8. The Morgan fingerprint density at radius 3 is 2.75 bits per heavy atom. The van der Waals surface area contributed by atoms with Crippen LogP contribution in [-0.2, 0) is 11.8 Å². The third-order valence-corrected chi connectivity index (χ3v) is 4.72. The molecule has 0 radical (unpaired) electrons. The lowest BCUT2D eigenvalue weighted by molar-refractivity contribution is -0.122. The lowest BCUT2D eigenvalue weighted by Crippen LogP contribution is -2.49. The molecule has 2 aromatic rings. The van der Waals surface area contributed by atoms with Gasteiger partial charge in [-0.15, -0.1) is 0 Å². The zero-order valence-corrected chi connectivity index (χ0v) is 15.6. The molecule has 8 nitrogen and oxygen atoms in total. The molecule has 0 unspecified atom stereocenters. The Morgan fingerprint density at radius 2 is 2.04 bits per heavy atom. The van der Waals surface area contributed by atoms with Crippen molar-refractivity contribution in [2.75, 3.05) is 44.2 Å². The molecule has 1 N–H and O–H groups in total. The fraction of sp³-hybridized carbons (Fsp3) is 0.600. The van der Waals surface area contributed by atoms with Gasteiger partial charge >= 0.3 is 0 Å². The highest BCUT2D eigenvalue weighted by Gasteiger charge is 2.23. The number of amides is 1. The molecule has 1 aliphatic heterocycles. The van der Waals surface area contributed by atoms with Crippen molar-refractivity contribution in [3.05, 3.63) is 10.9 Å². The van der Waals surface area contributed by atoms with Gasteiger partial charge in [-0.05, 0) is 22.4 Å². The van der Waals surface area contributed by atoms with Crippen molar-refractivity contribution in [2.24, 2.45) is 7.05 Å². The molecule has 1 aliphatic rings. The Morgan fingerprint density at radius 1 is 1.29 bits per heavy atom. The van der Waals surface area contributed by atoms with E-state index in [4.69, 9.17) is 0 Å². The molecular weight excluding hydrogens is 374 g/mol. The number of carbonyl (C=O) groups is 1. The Bertz CT molecular complexity index is 724. The molecule has 0 aromatic carbocycles. The number of hydrogen-bond acceptors (Lipinski definition) is 6. The molecule has 0 saturated carbocycles. The first-order valence-corrected chi connectivity index (χ1v) is 8.96. The molecule has 0 bridgehead atoms. The number of rotatable bonds is 5. The topological polar surface area (TPSA) is 79.2 Å². The minimum absolute atomic E-state index is 0.102. The minimum Gasteiger partial charge on any atom is -0.355 e. The summed E-state index contributed by atoms with van der Waals surface area (Å²) in [6, 6.07) is 0. The minimum atomic E-state index is 0.102. The summed E-state index contributed by atoms with van der Waals surface area (Å²) in [6.07, 6.45) is 2.54. The van der Waals surface area contributed by atoms with Crippen LogP contribution in [0.5, 0.6) is 0 Å². The fourth-order valence-electron chi connectivity index (χ4n) is 2.91. The van der Waals surface area contributed by atoms with Crippen molar-refractivity contribution in [3.8, 4) is 0 Å². The van der Waals surface area contributed by atoms with E-state index in [0.29, 0.717) is 6.54 Å². The van der Waals surface area contributed by atoms with Crippen LogP contribution in [0.25, 0.3) is 11.0 Å². The number of hydrogen-bond donors (Lipinski definition) is 1. The first kappa shape index (κ1) is 17.1. The van der Waals surface area contributed by atoms with Crippen LogP contribution in [0.1, 0.15) is 13.3 Å². The highest BCUT2D eigenvalue weighted by molar-refractivity contribution is 9.10. The van der Waals surface area contributed by atoms with Crippen LogP contribution in [-0.4, -0.2) is 69.8 Å². The summed E-state index contributed by atoms with van der Waals surface area (Å²) in [5, 5.41) is 8.23. The predicted octanol–water partition coefficient (Wildman–Crippen LogP) is 0.774. The quantitative estimate of drug-likeness (QED) is 0.805. The van der Waals surface area contributed by atoms with Crippen molar-refractivity contribution in [1.29, 1.82) is 0 Å². The van der Waals surface area contributed by atoms with Crippen molar-refractivity contribution in [2.45, 2.75) is 13.3 Å². The first-order valence-electron chi connectivity index (χ1n) is 8.17. The van der Waals surface area contributed by atoms with Crippen LogP contribution in [0.15, 0.2) is 10.9 Å². The summed E-state index contributed by atoms with van der Waals surface area (Å²) < 4.78 is 2.51. The van der Waals surface area contributed by atoms with E-state index in [2.05, 4.69) is 53.0 Å². The molecule has 1 amide bonds. The van der Waals surface area contributed by atoms with Gasteiger partial charge in [-0.2, -0.15) is 5.10 Å². The summed E-state index contributed by atoms with van der Waals surface area (Å²) in [7, 11) is 1.87. The van der Waals surface area contributed by atoms with E-state index < -0.39 is 0 Å². The van der Waals surface area contributed by atoms with Crippen molar-refractivity contribution < 1.29 is 4.79 Å². The van der Waals surface area contributed by atoms with Gasteiger partial charge in [0, 0.05) is 39.8 Å². The molecule has 1 saturated heterocycles. The Balaban J connectivity index is 1.66. The number of aryl methyl sites for hydroxylation is 1. The van der Waals surface area contributed by atoms with Gasteiger partial charge in [0.1, 0.15) is 16.7 Å². The second-order valence-corrected chi connectivity index (χ2v) is 6.67. The van der Waals surface area contributed by atoms with Gasteiger partial charge < -0.3 is 10.2 Å². The van der Waals surface area contributed by atoms with E-state index in [1.807, 2.05) is 7.05 Å². The lowest BCUT2D eigenvalue weighted by atomic mass is 10.2. The second kappa shape index (κ2) is 7.43. The number of aromatic nitrogens is 4. The van der Waals surface area contributed by atoms with Crippen LogP contribution >= 0.6 is 15.9 Å². The third-order valence-electron chi connectivity index (χ3n) is 4.17. The average molecular weight is 396 g/mol. The monoisotopic (exact) mass is 395 g/mol. The first-order chi connectivity index (χ1) is 11.6. The summed E-state index contributed by atoms with van der Waals surface area (Å²) in [5.41, 5.74) is 0.813. The number of halogens is 1. The Labute approximate surface area is 149 Å². The molecule has 9 heteroatoms. The molecule has 2 aromatic heterocycles. The van der Waals surface area contributed by atoms with Gasteiger partial charge in [0.05, 0.1) is 11.9 Å². The summed E-state index contributed by atoms with van der Waals surface area (Å²) >= 11 is 3.50. The van der Waals surface area contributed by atoms with E-state index in [-0.39, 0.29) is 5.91 Å². The molecule has 1 fully saturated rings. The van der Waals surface area contributed by atoms with Crippen LogP contribution in [0.4, 0.5) is 5.82 Å². The largest absolute Gasteiger partial charge is 0.355 e. The molecule has 0 spiro atoms. The summed E-state index contributed by atoms with van der Waals surface area (Å²) in [6.45, 7) is 6.59. The van der Waals surface area contributed by atoms with E-state index in [1.54, 1.807) is 11.0 Å². The van der Waals surface area contributed by atoms with Crippen LogP contribution in [0.2, 0.25) is 0 Å². The van der Waals surface area contributed by atoms with Gasteiger partial charge in [0.25, 0.3) is 0 Å². The smallest absolute Gasteiger partial charge is 0.234 e. The van der Waals surface area contributed by atoms with Gasteiger partial charge in [-0.3, -0.25) is 9.69 Å². The summed E-state index contributed by atoms with van der Waals surface area (Å²) in [5.74, 6) is 1.000. The number of carbonyl (C=O) groups excluding carboxylic acids is 1. The van der Waals surface area contributed by atoms with Gasteiger partial charge in [-0.1, -0.05) is 6.92 Å². The van der Waals surface area contributed by atoms with E-state index in [0.717, 1.165) is 60.6 Å². The average Bonchev–Trinajstić information content (AvgIpc) is 2.88. The fourth-order valence-corrected chi connectivity index (χ4v) is 3.50. The lowest BCUT2D eigenvalue weighted by Gasteiger charge is -2.35. The molecule has 130 valence electrons. The number of nitrogens with zero attached hydrogens (tertiary/aromatic N) is 6. The molecule has 0 aliphatic carbocycles. The zero-order valence-electron chi connectivity index (χ0n) is 14.0. The van der Waals surface area contributed by atoms with E-state index in [9.17, 15) is 4.79 Å². The van der Waals surface area contributed by atoms with Gasteiger partial charge in [0.15, 0.2) is 5.65 Å². The molecule has 0 atom stereocenters.